The molecule has 168 valence electrons. The maximum atomic E-state index is 5.99. The maximum absolute atomic E-state index is 5.99. The highest BCUT2D eigenvalue weighted by Gasteiger charge is 2.26. The molecule has 4 rings (SSSR count). The Morgan fingerprint density at radius 2 is 2.13 bits per heavy atom. The fourth-order valence-corrected chi connectivity index (χ4v) is 4.09. The van der Waals surface area contributed by atoms with Gasteiger partial charge in [0.25, 0.3) is 0 Å². The highest BCUT2D eigenvalue weighted by atomic mass is 16.5. The summed E-state index contributed by atoms with van der Waals surface area (Å²) in [6.07, 6.45) is 3.63. The van der Waals surface area contributed by atoms with Crippen LogP contribution in [0.5, 0.6) is 0 Å². The van der Waals surface area contributed by atoms with E-state index in [2.05, 4.69) is 44.7 Å². The van der Waals surface area contributed by atoms with Crippen LogP contribution in [0.2, 0.25) is 0 Å². The molecule has 0 amide bonds. The van der Waals surface area contributed by atoms with Crippen molar-refractivity contribution in [3.63, 3.8) is 0 Å². The Morgan fingerprint density at radius 3 is 2.87 bits per heavy atom. The Balaban J connectivity index is 1.32. The number of likely N-dealkylation sites (tertiary alicyclic amines) is 1. The largest absolute Gasteiger partial charge is 0.376 e. The van der Waals surface area contributed by atoms with Gasteiger partial charge in [0.1, 0.15) is 12.4 Å². The molecule has 0 spiro atoms. The summed E-state index contributed by atoms with van der Waals surface area (Å²) in [5.74, 6) is 3.21. The molecule has 8 nitrogen and oxygen atoms in total. The highest BCUT2D eigenvalue weighted by molar-refractivity contribution is 5.80. The Bertz CT molecular complexity index is 847. The quantitative estimate of drug-likeness (QED) is 0.516. The van der Waals surface area contributed by atoms with Crippen LogP contribution in [0.3, 0.4) is 0 Å². The summed E-state index contributed by atoms with van der Waals surface area (Å²) in [6, 6.07) is 10.4. The number of aliphatic imine (C=N–C) groups is 1. The first kappa shape index (κ1) is 21.8. The smallest absolute Gasteiger partial charge is 0.194 e. The second-order valence-electron chi connectivity index (χ2n) is 8.48. The van der Waals surface area contributed by atoms with Crippen LogP contribution >= 0.6 is 0 Å². The zero-order valence-electron chi connectivity index (χ0n) is 18.7. The topological polar surface area (TPSA) is 76.8 Å². The number of ether oxygens (including phenoxy) is 2. The predicted molar refractivity (Wildman–Crippen MR) is 120 cm³/mol. The number of nitrogens with one attached hydrogen (secondary N) is 1. The third kappa shape index (κ3) is 6.04. The van der Waals surface area contributed by atoms with Gasteiger partial charge in [-0.25, -0.2) is 4.99 Å². The summed E-state index contributed by atoms with van der Waals surface area (Å²) in [5, 5.41) is 12.0. The van der Waals surface area contributed by atoms with E-state index in [0.29, 0.717) is 19.1 Å². The van der Waals surface area contributed by atoms with Crippen LogP contribution < -0.4 is 5.32 Å². The molecule has 0 radical (unpaired) electrons. The van der Waals surface area contributed by atoms with Gasteiger partial charge in [0.15, 0.2) is 11.8 Å². The fourth-order valence-electron chi connectivity index (χ4n) is 4.09. The average Bonchev–Trinajstić information content (AvgIpc) is 3.53. The van der Waals surface area contributed by atoms with Gasteiger partial charge in [0.2, 0.25) is 0 Å². The Morgan fingerprint density at radius 1 is 1.26 bits per heavy atom. The van der Waals surface area contributed by atoms with Gasteiger partial charge >= 0.3 is 0 Å². The van der Waals surface area contributed by atoms with Crippen molar-refractivity contribution in [2.45, 2.75) is 45.4 Å². The third-order valence-corrected chi connectivity index (χ3v) is 6.12. The highest BCUT2D eigenvalue weighted by Crippen LogP contribution is 2.18. The average molecular weight is 427 g/mol. The van der Waals surface area contributed by atoms with E-state index in [1.807, 2.05) is 24.6 Å². The molecule has 1 N–H and O–H groups in total. The van der Waals surface area contributed by atoms with E-state index < -0.39 is 0 Å². The van der Waals surface area contributed by atoms with Gasteiger partial charge in [-0.2, -0.15) is 0 Å². The van der Waals surface area contributed by atoms with Crippen LogP contribution in [0.1, 0.15) is 36.5 Å². The van der Waals surface area contributed by atoms with Crippen LogP contribution in [-0.2, 0) is 29.7 Å². The summed E-state index contributed by atoms with van der Waals surface area (Å²) < 4.78 is 13.8. The van der Waals surface area contributed by atoms with Crippen molar-refractivity contribution in [1.29, 1.82) is 0 Å². The Kier molecular flexibility index (Phi) is 7.53. The standard InChI is InChI=1S/C23H34N6O2/c1-18-26-27-22(28(18)2)14-25-23(24-13-21-9-6-12-31-21)29-11-10-20(15-29)17-30-16-19-7-4-3-5-8-19/h3-5,7-8,20-21H,6,9-17H2,1-2H3,(H,24,25). The maximum Gasteiger partial charge on any atom is 0.194 e. The van der Waals surface area contributed by atoms with Crippen molar-refractivity contribution < 1.29 is 9.47 Å². The lowest BCUT2D eigenvalue weighted by Crippen LogP contribution is -2.43. The zero-order valence-corrected chi connectivity index (χ0v) is 18.7. The third-order valence-electron chi connectivity index (χ3n) is 6.12. The van der Waals surface area contributed by atoms with Crippen LogP contribution in [0.25, 0.3) is 0 Å². The molecule has 3 heterocycles. The molecular formula is C23H34N6O2. The SMILES string of the molecule is Cc1nnc(CN=C(NCC2CCCO2)N2CCC(COCc3ccccc3)C2)n1C. The summed E-state index contributed by atoms with van der Waals surface area (Å²) in [4.78, 5) is 7.23. The number of hydrogen-bond acceptors (Lipinski definition) is 5. The molecule has 0 bridgehead atoms. The van der Waals surface area contributed by atoms with Crippen molar-refractivity contribution in [2.75, 3.05) is 32.8 Å². The molecule has 2 saturated heterocycles. The van der Waals surface area contributed by atoms with E-state index in [1.54, 1.807) is 0 Å². The molecule has 2 unspecified atom stereocenters. The lowest BCUT2D eigenvalue weighted by Gasteiger charge is -2.23. The van der Waals surface area contributed by atoms with Gasteiger partial charge in [-0.05, 0) is 31.7 Å². The second kappa shape index (κ2) is 10.7. The van der Waals surface area contributed by atoms with Gasteiger partial charge in [0.05, 0.1) is 19.3 Å². The van der Waals surface area contributed by atoms with Crippen LogP contribution in [0.4, 0.5) is 0 Å². The van der Waals surface area contributed by atoms with E-state index >= 15 is 0 Å². The van der Waals surface area contributed by atoms with E-state index in [4.69, 9.17) is 14.5 Å². The Hall–Kier alpha value is -2.45. The van der Waals surface area contributed by atoms with E-state index in [9.17, 15) is 0 Å². The van der Waals surface area contributed by atoms with Crippen molar-refractivity contribution >= 4 is 5.96 Å². The molecule has 0 saturated carbocycles. The summed E-state index contributed by atoms with van der Waals surface area (Å²) >= 11 is 0. The summed E-state index contributed by atoms with van der Waals surface area (Å²) in [7, 11) is 1.98. The number of guanidine groups is 1. The fraction of sp³-hybridized carbons (Fsp3) is 0.609. The van der Waals surface area contributed by atoms with Crippen LogP contribution in [-0.4, -0.2) is 64.6 Å². The van der Waals surface area contributed by atoms with Crippen molar-refractivity contribution in [1.82, 2.24) is 25.0 Å². The number of nitrogens with zero attached hydrogens (tertiary/aromatic N) is 5. The number of hydrogen-bond donors (Lipinski definition) is 1. The van der Waals surface area contributed by atoms with Gasteiger partial charge in [0, 0.05) is 39.2 Å². The molecule has 8 heteroatoms. The monoisotopic (exact) mass is 426 g/mol. The number of aromatic nitrogens is 3. The lowest BCUT2D eigenvalue weighted by molar-refractivity contribution is 0.0905. The minimum Gasteiger partial charge on any atom is -0.376 e. The minimum atomic E-state index is 0.273. The van der Waals surface area contributed by atoms with Crippen LogP contribution in [0.15, 0.2) is 35.3 Å². The number of benzene rings is 1. The number of rotatable bonds is 8. The first-order valence-corrected chi connectivity index (χ1v) is 11.3. The molecule has 1 aromatic heterocycles. The molecule has 2 fully saturated rings. The van der Waals surface area contributed by atoms with Gasteiger partial charge in [-0.3, -0.25) is 0 Å². The van der Waals surface area contributed by atoms with Gasteiger partial charge in [-0.15, -0.1) is 10.2 Å². The van der Waals surface area contributed by atoms with E-state index in [0.717, 1.165) is 69.7 Å². The molecular weight excluding hydrogens is 392 g/mol. The molecule has 0 aliphatic carbocycles. The Labute approximate surface area is 184 Å². The minimum absolute atomic E-state index is 0.273. The van der Waals surface area contributed by atoms with Gasteiger partial charge < -0.3 is 24.3 Å². The normalized spacial score (nSPS) is 21.7. The molecule has 2 aromatic rings. The predicted octanol–water partition coefficient (Wildman–Crippen LogP) is 2.29. The zero-order chi connectivity index (χ0) is 21.5. The first-order chi connectivity index (χ1) is 15.2. The second-order valence-corrected chi connectivity index (χ2v) is 8.48. The molecule has 1 aromatic carbocycles. The van der Waals surface area contributed by atoms with Crippen LogP contribution in [0, 0.1) is 12.8 Å². The first-order valence-electron chi connectivity index (χ1n) is 11.3. The summed E-state index contributed by atoms with van der Waals surface area (Å²) in [5.41, 5.74) is 1.22. The molecule has 2 aliphatic rings. The van der Waals surface area contributed by atoms with E-state index in [-0.39, 0.29) is 6.10 Å². The van der Waals surface area contributed by atoms with Crippen molar-refractivity contribution in [3.8, 4) is 0 Å². The van der Waals surface area contributed by atoms with Gasteiger partial charge in [-0.1, -0.05) is 30.3 Å². The lowest BCUT2D eigenvalue weighted by atomic mass is 10.1. The van der Waals surface area contributed by atoms with Crippen molar-refractivity contribution in [3.05, 3.63) is 47.5 Å². The summed E-state index contributed by atoms with van der Waals surface area (Å²) in [6.45, 7) is 7.49. The van der Waals surface area contributed by atoms with E-state index in [1.165, 1.54) is 5.56 Å². The molecule has 31 heavy (non-hydrogen) atoms. The molecule has 2 aliphatic heterocycles. The molecule has 2 atom stereocenters. The van der Waals surface area contributed by atoms with Crippen molar-refractivity contribution in [2.24, 2.45) is 18.0 Å². The number of aryl methyl sites for hydroxylation is 1.